The van der Waals surface area contributed by atoms with Crippen LogP contribution in [0.15, 0.2) is 47.8 Å². The van der Waals surface area contributed by atoms with Crippen LogP contribution < -0.4 is 5.32 Å². The van der Waals surface area contributed by atoms with Crippen LogP contribution in [-0.4, -0.2) is 55.0 Å². The SMILES string of the molecule is O=C(CN1CCN(Cc2cccs2)CC1)NCCCc1ccccc1. The average molecular weight is 358 g/mol. The van der Waals surface area contributed by atoms with Gasteiger partial charge in [0.15, 0.2) is 0 Å². The van der Waals surface area contributed by atoms with Gasteiger partial charge in [0, 0.05) is 44.1 Å². The van der Waals surface area contributed by atoms with Crippen LogP contribution in [0.1, 0.15) is 16.9 Å². The molecule has 134 valence electrons. The Bertz CT molecular complexity index is 622. The van der Waals surface area contributed by atoms with Crippen LogP contribution in [0.2, 0.25) is 0 Å². The molecule has 0 unspecified atom stereocenters. The molecule has 5 heteroatoms. The van der Waals surface area contributed by atoms with Crippen LogP contribution in [0.3, 0.4) is 0 Å². The molecule has 1 fully saturated rings. The molecule has 0 bridgehead atoms. The number of rotatable bonds is 8. The Morgan fingerprint density at radius 3 is 2.48 bits per heavy atom. The van der Waals surface area contributed by atoms with Gasteiger partial charge in [0.1, 0.15) is 0 Å². The van der Waals surface area contributed by atoms with Crippen molar-refractivity contribution in [2.24, 2.45) is 0 Å². The summed E-state index contributed by atoms with van der Waals surface area (Å²) in [4.78, 5) is 18.3. The summed E-state index contributed by atoms with van der Waals surface area (Å²) in [6, 6.07) is 14.7. The third-order valence-corrected chi connectivity index (χ3v) is 5.46. The van der Waals surface area contributed by atoms with E-state index < -0.39 is 0 Å². The van der Waals surface area contributed by atoms with E-state index in [9.17, 15) is 4.79 Å². The highest BCUT2D eigenvalue weighted by atomic mass is 32.1. The Morgan fingerprint density at radius 2 is 1.76 bits per heavy atom. The van der Waals surface area contributed by atoms with Crippen LogP contribution in [-0.2, 0) is 17.8 Å². The molecule has 4 nitrogen and oxygen atoms in total. The van der Waals surface area contributed by atoms with Crippen molar-refractivity contribution in [3.8, 4) is 0 Å². The standard InChI is InChI=1S/C20H27N3OS/c24-20(21-10-4-8-18-6-2-1-3-7-18)17-23-13-11-22(12-14-23)16-19-9-5-15-25-19/h1-3,5-7,9,15H,4,8,10-14,16-17H2,(H,21,24). The van der Waals surface area contributed by atoms with Crippen molar-refractivity contribution < 1.29 is 4.79 Å². The smallest absolute Gasteiger partial charge is 0.234 e. The lowest BCUT2D eigenvalue weighted by Crippen LogP contribution is -2.49. The predicted molar refractivity (Wildman–Crippen MR) is 104 cm³/mol. The first-order valence-electron chi connectivity index (χ1n) is 9.07. The Balaban J connectivity index is 1.27. The number of nitrogens with zero attached hydrogens (tertiary/aromatic N) is 2. The molecule has 3 rings (SSSR count). The highest BCUT2D eigenvalue weighted by Crippen LogP contribution is 2.13. The fourth-order valence-corrected chi connectivity index (χ4v) is 3.90. The number of thiophene rings is 1. The summed E-state index contributed by atoms with van der Waals surface area (Å²) in [5.41, 5.74) is 1.33. The zero-order valence-electron chi connectivity index (χ0n) is 14.7. The third kappa shape index (κ3) is 6.27. The molecule has 0 spiro atoms. The van der Waals surface area contributed by atoms with E-state index in [0.717, 1.165) is 52.1 Å². The minimum absolute atomic E-state index is 0.153. The zero-order valence-corrected chi connectivity index (χ0v) is 15.5. The van der Waals surface area contributed by atoms with Crippen molar-refractivity contribution in [3.05, 3.63) is 58.3 Å². The molecular formula is C20H27N3OS. The number of hydrogen-bond acceptors (Lipinski definition) is 4. The normalized spacial score (nSPS) is 16.0. The topological polar surface area (TPSA) is 35.6 Å². The molecule has 2 heterocycles. The van der Waals surface area contributed by atoms with E-state index in [4.69, 9.17) is 0 Å². The highest BCUT2D eigenvalue weighted by molar-refractivity contribution is 7.09. The Kier molecular flexibility index (Phi) is 7.03. The second kappa shape index (κ2) is 9.70. The van der Waals surface area contributed by atoms with E-state index in [1.807, 2.05) is 17.4 Å². The number of aryl methyl sites for hydroxylation is 1. The maximum Gasteiger partial charge on any atom is 0.234 e. The number of nitrogens with one attached hydrogen (secondary N) is 1. The van der Waals surface area contributed by atoms with E-state index in [2.05, 4.69) is 56.9 Å². The number of piperazine rings is 1. The van der Waals surface area contributed by atoms with Crippen LogP contribution in [0.25, 0.3) is 0 Å². The van der Waals surface area contributed by atoms with Crippen LogP contribution in [0, 0.1) is 0 Å². The Morgan fingerprint density at radius 1 is 1.00 bits per heavy atom. The van der Waals surface area contributed by atoms with E-state index in [1.165, 1.54) is 10.4 Å². The van der Waals surface area contributed by atoms with Crippen molar-refractivity contribution >= 4 is 17.2 Å². The van der Waals surface area contributed by atoms with Gasteiger partial charge in [0.25, 0.3) is 0 Å². The maximum atomic E-state index is 12.1. The van der Waals surface area contributed by atoms with Gasteiger partial charge in [-0.25, -0.2) is 0 Å². The summed E-state index contributed by atoms with van der Waals surface area (Å²) in [5.74, 6) is 0.153. The van der Waals surface area contributed by atoms with E-state index >= 15 is 0 Å². The summed E-state index contributed by atoms with van der Waals surface area (Å²) < 4.78 is 0. The van der Waals surface area contributed by atoms with Gasteiger partial charge in [-0.3, -0.25) is 14.6 Å². The van der Waals surface area contributed by atoms with E-state index in [1.54, 1.807) is 0 Å². The Hall–Kier alpha value is -1.69. The molecule has 1 aromatic heterocycles. The molecule has 1 aromatic carbocycles. The zero-order chi connectivity index (χ0) is 17.3. The summed E-state index contributed by atoms with van der Waals surface area (Å²) in [6.45, 7) is 6.35. The molecule has 0 saturated carbocycles. The first-order chi connectivity index (χ1) is 12.3. The number of amides is 1. The Labute approximate surface area is 154 Å². The van der Waals surface area contributed by atoms with Gasteiger partial charge in [-0.15, -0.1) is 11.3 Å². The van der Waals surface area contributed by atoms with Gasteiger partial charge in [-0.05, 0) is 29.9 Å². The summed E-state index contributed by atoms with van der Waals surface area (Å²) in [6.07, 6.45) is 2.01. The fourth-order valence-electron chi connectivity index (χ4n) is 3.15. The molecule has 0 atom stereocenters. The second-order valence-corrected chi connectivity index (χ2v) is 7.60. The predicted octanol–water partition coefficient (Wildman–Crippen LogP) is 2.61. The number of carbonyl (C=O) groups is 1. The minimum Gasteiger partial charge on any atom is -0.355 e. The van der Waals surface area contributed by atoms with Gasteiger partial charge in [-0.1, -0.05) is 36.4 Å². The van der Waals surface area contributed by atoms with E-state index in [0.29, 0.717) is 6.54 Å². The molecule has 1 aliphatic heterocycles. The first-order valence-corrected chi connectivity index (χ1v) is 9.95. The van der Waals surface area contributed by atoms with Crippen molar-refractivity contribution in [3.63, 3.8) is 0 Å². The summed E-state index contributed by atoms with van der Waals surface area (Å²) in [5, 5.41) is 5.19. The second-order valence-electron chi connectivity index (χ2n) is 6.57. The highest BCUT2D eigenvalue weighted by Gasteiger charge is 2.19. The molecule has 1 N–H and O–H groups in total. The molecule has 2 aromatic rings. The fraction of sp³-hybridized carbons (Fsp3) is 0.450. The van der Waals surface area contributed by atoms with Gasteiger partial charge in [-0.2, -0.15) is 0 Å². The number of carbonyl (C=O) groups excluding carboxylic acids is 1. The molecular weight excluding hydrogens is 330 g/mol. The monoisotopic (exact) mass is 357 g/mol. The first kappa shape index (κ1) is 18.1. The van der Waals surface area contributed by atoms with Crippen molar-refractivity contribution in [2.45, 2.75) is 19.4 Å². The number of hydrogen-bond donors (Lipinski definition) is 1. The van der Waals surface area contributed by atoms with Crippen LogP contribution in [0.5, 0.6) is 0 Å². The molecule has 25 heavy (non-hydrogen) atoms. The van der Waals surface area contributed by atoms with Crippen LogP contribution in [0.4, 0.5) is 0 Å². The molecule has 1 saturated heterocycles. The number of benzene rings is 1. The quantitative estimate of drug-likeness (QED) is 0.738. The van der Waals surface area contributed by atoms with Crippen molar-refractivity contribution in [2.75, 3.05) is 39.3 Å². The lowest BCUT2D eigenvalue weighted by molar-refractivity contribution is -0.122. The molecule has 1 aliphatic rings. The third-order valence-electron chi connectivity index (χ3n) is 4.60. The average Bonchev–Trinajstić information content (AvgIpc) is 3.14. The summed E-state index contributed by atoms with van der Waals surface area (Å²) in [7, 11) is 0. The van der Waals surface area contributed by atoms with E-state index in [-0.39, 0.29) is 5.91 Å². The van der Waals surface area contributed by atoms with Gasteiger partial charge in [0.2, 0.25) is 5.91 Å². The lowest BCUT2D eigenvalue weighted by atomic mass is 10.1. The van der Waals surface area contributed by atoms with Gasteiger partial charge >= 0.3 is 0 Å². The molecule has 0 aliphatic carbocycles. The van der Waals surface area contributed by atoms with Crippen LogP contribution >= 0.6 is 11.3 Å². The van der Waals surface area contributed by atoms with Gasteiger partial charge < -0.3 is 5.32 Å². The van der Waals surface area contributed by atoms with Crippen molar-refractivity contribution in [1.82, 2.24) is 15.1 Å². The molecule has 0 radical (unpaired) electrons. The molecule has 1 amide bonds. The largest absolute Gasteiger partial charge is 0.355 e. The summed E-state index contributed by atoms with van der Waals surface area (Å²) >= 11 is 1.82. The van der Waals surface area contributed by atoms with Crippen molar-refractivity contribution in [1.29, 1.82) is 0 Å². The minimum atomic E-state index is 0.153. The maximum absolute atomic E-state index is 12.1. The van der Waals surface area contributed by atoms with Gasteiger partial charge in [0.05, 0.1) is 6.54 Å². The lowest BCUT2D eigenvalue weighted by Gasteiger charge is -2.34.